The first-order valence-electron chi connectivity index (χ1n) is 37.5. The number of rotatable bonds is 48. The number of amides is 14. The van der Waals surface area contributed by atoms with Crippen molar-refractivity contribution >= 4 is 159 Å². The van der Waals surface area contributed by atoms with Crippen LogP contribution in [0.1, 0.15) is 82.4 Å². The van der Waals surface area contributed by atoms with Crippen molar-refractivity contribution in [1.82, 2.24) is 84.0 Å². The van der Waals surface area contributed by atoms with E-state index in [-0.39, 0.29) is 50.2 Å². The summed E-state index contributed by atoms with van der Waals surface area (Å²) < 4.78 is 0. The maximum absolute atomic E-state index is 14.7. The van der Waals surface area contributed by atoms with Crippen molar-refractivity contribution in [2.24, 2.45) is 11.7 Å². The number of para-hydroxylation sites is 2. The number of thiol groups is 2. The lowest BCUT2D eigenvalue weighted by Gasteiger charge is -2.30. The van der Waals surface area contributed by atoms with Gasteiger partial charge in [-0.3, -0.25) is 76.7 Å². The predicted octanol–water partition coefficient (Wildman–Crippen LogP) is -4.65. The fourth-order valence-electron chi connectivity index (χ4n) is 12.4. The van der Waals surface area contributed by atoms with E-state index >= 15 is 0 Å². The monoisotopic (exact) mass is 1700 g/mol. The number of H-pyrrole nitrogens is 2. The van der Waals surface area contributed by atoms with Crippen molar-refractivity contribution in [1.29, 1.82) is 0 Å². The number of nitrogens with zero attached hydrogens (tertiary/aromatic N) is 1. The Morgan fingerprint density at radius 1 is 0.500 bits per heavy atom. The van der Waals surface area contributed by atoms with Crippen molar-refractivity contribution in [2.45, 2.75) is 164 Å². The summed E-state index contributed by atoms with van der Waals surface area (Å²) in [5, 5.41) is 91.5. The molecule has 43 heteroatoms. The Balaban J connectivity index is 1.08. The van der Waals surface area contributed by atoms with Crippen molar-refractivity contribution in [2.75, 3.05) is 56.4 Å². The minimum atomic E-state index is -1.73. The average molecular weight is 1700 g/mol. The van der Waals surface area contributed by atoms with E-state index in [0.717, 1.165) is 0 Å². The summed E-state index contributed by atoms with van der Waals surface area (Å²) in [5.41, 5.74) is 8.43. The third kappa shape index (κ3) is 29.0. The number of thioether (sulfide) groups is 1. The lowest BCUT2D eigenvalue weighted by atomic mass is 10.0. The van der Waals surface area contributed by atoms with Crippen LogP contribution in [-0.2, 0) is 101 Å². The first-order valence-corrected chi connectivity index (χ1v) is 40.2. The summed E-state index contributed by atoms with van der Waals surface area (Å²) in [5.74, 6) is -19.3. The molecule has 0 aliphatic carbocycles. The number of phenolic OH excluding ortho intramolecular Hbond substituents is 1. The highest BCUT2D eigenvalue weighted by molar-refractivity contribution is 7.98. The quantitative estimate of drug-likeness (QED) is 0.0163. The number of hydrogen-bond acceptors (Lipinski definition) is 24. The van der Waals surface area contributed by atoms with Crippen molar-refractivity contribution in [3.8, 4) is 5.75 Å². The van der Waals surface area contributed by atoms with E-state index in [2.05, 4.69) is 104 Å². The van der Waals surface area contributed by atoms with Crippen LogP contribution in [0.5, 0.6) is 5.75 Å². The summed E-state index contributed by atoms with van der Waals surface area (Å²) in [6.07, 6.45) is 1.98. The molecule has 0 radical (unpaired) electrons. The van der Waals surface area contributed by atoms with Gasteiger partial charge in [0.05, 0.1) is 26.3 Å². The molecule has 5 aromatic rings. The van der Waals surface area contributed by atoms with E-state index in [9.17, 15) is 112 Å². The second-order valence-electron chi connectivity index (χ2n) is 28.1. The number of carbonyl (C=O) groups is 17. The molecule has 14 amide bonds. The number of carbonyl (C=O) groups excluding carboxylic acids is 14. The number of carboxylic acids is 3. The molecule has 6 rings (SSSR count). The minimum Gasteiger partial charge on any atom is -0.508 e. The number of likely N-dealkylation sites (tertiary alicyclic amines) is 1. The normalized spacial score (nSPS) is 15.5. The highest BCUT2D eigenvalue weighted by atomic mass is 32.2. The van der Waals surface area contributed by atoms with Crippen LogP contribution in [-0.4, -0.2) is 281 Å². The lowest BCUT2D eigenvalue weighted by molar-refractivity contribution is -0.142. The molecule has 40 nitrogen and oxygen atoms in total. The molecule has 118 heavy (non-hydrogen) atoms. The SMILES string of the molecule is CSCC[C@H](NC(=O)[C@H](CO)NC(=O)[C@H](Cc1c[nH]c2ccccc12)NC(=O)[C@H](CS)NC(=O)[C@H](CCC(=O)O)NC(=O)[C@@H](NC(=O)CNC(=O)CNC(=O)[C@H](Cc1ccc(O)cc1)NC(=O)[C@H](CCC(=O)O)NC(=O)[C@H](C)NC(=O)[C@@H]1CCCN1C(=O)[C@H](Cc1c[nH]c2ccccc12)NC(=O)[C@H](CS)NC(=O)[C@@H](N)CO)C(C)C)C(=O)O. The summed E-state index contributed by atoms with van der Waals surface area (Å²) in [6.45, 7) is 0.776. The predicted molar refractivity (Wildman–Crippen MR) is 433 cm³/mol. The van der Waals surface area contributed by atoms with E-state index in [1.54, 1.807) is 67.2 Å². The molecule has 0 saturated carbocycles. The van der Waals surface area contributed by atoms with Gasteiger partial charge >= 0.3 is 17.9 Å². The van der Waals surface area contributed by atoms with E-state index < -0.39 is 243 Å². The van der Waals surface area contributed by atoms with Crippen molar-refractivity contribution in [3.63, 3.8) is 0 Å². The smallest absolute Gasteiger partial charge is 0.326 e. The number of nitrogens with one attached hydrogen (secondary N) is 15. The molecule has 0 bridgehead atoms. The van der Waals surface area contributed by atoms with Crippen LogP contribution in [0.2, 0.25) is 0 Å². The Kier molecular flexibility index (Phi) is 38.0. The molecule has 2 aromatic heterocycles. The molecular weight excluding hydrogens is 1600 g/mol. The third-order valence-electron chi connectivity index (χ3n) is 18.9. The fraction of sp³-hybridized carbons (Fsp3) is 0.480. The number of fused-ring (bicyclic) bond motifs is 2. The number of carboxylic acid groups (broad SMARTS) is 3. The van der Waals surface area contributed by atoms with Gasteiger partial charge in [0.1, 0.15) is 84.3 Å². The van der Waals surface area contributed by atoms with Gasteiger partial charge in [-0.1, -0.05) is 62.4 Å². The largest absolute Gasteiger partial charge is 0.508 e. The molecule has 0 unspecified atom stereocenters. The number of aromatic hydroxyl groups is 1. The number of nitrogens with two attached hydrogens (primary N) is 1. The van der Waals surface area contributed by atoms with Gasteiger partial charge in [-0.25, -0.2) is 4.79 Å². The Morgan fingerprint density at radius 3 is 1.47 bits per heavy atom. The molecule has 642 valence electrons. The van der Waals surface area contributed by atoms with Crippen molar-refractivity contribution in [3.05, 3.63) is 102 Å². The van der Waals surface area contributed by atoms with Gasteiger partial charge in [0.2, 0.25) is 82.7 Å². The standard InChI is InChI=1S/C75H101N17O23S3/c1-37(2)62(73(112)83-49(20-22-61(100)101)67(106)90-56(36-117)70(109)86-52(27-40-29-77-46-12-7-5-10-43(40)46)68(107)88-54(34-94)69(108)84-50(75(114)115)23-25-118-4)91-59(97)32-79-58(96)31-80-65(104)51(26-39-15-17-42(95)18-16-39)85-66(105)48(19-21-60(98)99)82-63(102)38(3)81-72(111)57-14-9-24-92(57)74(113)53(28-41-30-78-47-13-8-6-11-44(41)47)87-71(110)55(35-116)89-64(103)45(76)33-93/h5-8,10-13,15-18,29-30,37-38,45,48-57,62,77-78,93-95,116-117H,9,14,19-28,31-36,76H2,1-4H3,(H,79,96)(H,80,104)(H,81,111)(H,82,102)(H,83,112)(H,84,108)(H,85,105)(H,86,109)(H,87,110)(H,88,107)(H,89,103)(H,90,106)(H,91,97)(H,98,99)(H,100,101)(H,114,115)/t38-,45-,48-,49-,50-,51-,52-,53-,54-,55-,56-,57-,62-/m0/s1. The average Bonchev–Trinajstić information content (AvgIpc) is 1.63. The summed E-state index contributed by atoms with van der Waals surface area (Å²) in [7, 11) is 0. The Hall–Kier alpha value is -11.5. The Morgan fingerprint density at radius 2 is 0.958 bits per heavy atom. The van der Waals surface area contributed by atoms with Crippen molar-refractivity contribution < 1.29 is 112 Å². The Bertz CT molecular complexity index is 4420. The highest BCUT2D eigenvalue weighted by Crippen LogP contribution is 2.25. The number of aliphatic hydroxyl groups excluding tert-OH is 2. The summed E-state index contributed by atoms with van der Waals surface area (Å²) in [4.78, 5) is 237. The molecule has 1 aliphatic rings. The number of aliphatic carboxylic acids is 3. The van der Waals surface area contributed by atoms with Gasteiger partial charge in [0, 0.05) is 84.4 Å². The number of aromatic amines is 2. The van der Waals surface area contributed by atoms with Crippen LogP contribution in [0.4, 0.5) is 0 Å². The van der Waals surface area contributed by atoms with Crippen LogP contribution in [0.3, 0.4) is 0 Å². The molecule has 1 fully saturated rings. The fourth-order valence-corrected chi connectivity index (χ4v) is 13.4. The first kappa shape index (κ1) is 95.3. The zero-order valence-electron chi connectivity index (χ0n) is 64.8. The molecule has 23 N–H and O–H groups in total. The number of aromatic nitrogens is 2. The summed E-state index contributed by atoms with van der Waals surface area (Å²) >= 11 is 9.75. The van der Waals surface area contributed by atoms with Crippen LogP contribution in [0.15, 0.2) is 85.2 Å². The van der Waals surface area contributed by atoms with Crippen LogP contribution >= 0.6 is 37.0 Å². The molecule has 13 atom stereocenters. The molecule has 3 aromatic carbocycles. The molecule has 1 saturated heterocycles. The zero-order valence-corrected chi connectivity index (χ0v) is 67.4. The molecular formula is C75H101N17O23S3. The van der Waals surface area contributed by atoms with E-state index in [1.807, 2.05) is 0 Å². The van der Waals surface area contributed by atoms with Gasteiger partial charge in [-0.2, -0.15) is 37.0 Å². The Labute approximate surface area is 691 Å². The number of hydrogen-bond donors (Lipinski definition) is 24. The topological polar surface area (TPSA) is 629 Å². The van der Waals surface area contributed by atoms with E-state index in [0.29, 0.717) is 50.7 Å². The van der Waals surface area contributed by atoms with E-state index in [4.69, 9.17) is 5.73 Å². The molecule has 1 aliphatic heterocycles. The van der Waals surface area contributed by atoms with Crippen LogP contribution in [0.25, 0.3) is 21.8 Å². The number of benzene rings is 3. The van der Waals surface area contributed by atoms with Gasteiger partial charge in [-0.15, -0.1) is 0 Å². The third-order valence-corrected chi connectivity index (χ3v) is 20.3. The van der Waals surface area contributed by atoms with E-state index in [1.165, 1.54) is 61.7 Å². The number of phenols is 1. The van der Waals surface area contributed by atoms with Gasteiger partial charge in [0.25, 0.3) is 0 Å². The minimum absolute atomic E-state index is 0.00576. The zero-order chi connectivity index (χ0) is 87.0. The first-order chi connectivity index (χ1) is 56.1. The second kappa shape index (κ2) is 47.0. The maximum Gasteiger partial charge on any atom is 0.326 e. The highest BCUT2D eigenvalue weighted by Gasteiger charge is 2.41. The van der Waals surface area contributed by atoms with Crippen LogP contribution in [0, 0.1) is 5.92 Å². The van der Waals surface area contributed by atoms with Crippen LogP contribution < -0.4 is 74.9 Å². The maximum atomic E-state index is 14.7. The number of aliphatic hydroxyl groups is 2. The van der Waals surface area contributed by atoms with Gasteiger partial charge < -0.3 is 120 Å². The van der Waals surface area contributed by atoms with Gasteiger partial charge in [0.15, 0.2) is 0 Å². The molecule has 3 heterocycles. The molecule has 0 spiro atoms. The van der Waals surface area contributed by atoms with Gasteiger partial charge in [-0.05, 0) is 97.9 Å². The summed E-state index contributed by atoms with van der Waals surface area (Å²) in [6, 6.07) is -0.265. The second-order valence-corrected chi connectivity index (χ2v) is 29.8. The lowest BCUT2D eigenvalue weighted by Crippen LogP contribution is -2.61.